The highest BCUT2D eigenvalue weighted by Gasteiger charge is 2.35. The Kier molecular flexibility index (Phi) is 1.91. The molecule has 3 nitrogen and oxygen atoms in total. The van der Waals surface area contributed by atoms with E-state index < -0.39 is 0 Å². The van der Waals surface area contributed by atoms with Gasteiger partial charge < -0.3 is 5.11 Å². The Morgan fingerprint density at radius 3 is 2.87 bits per heavy atom. The zero-order chi connectivity index (χ0) is 10.3. The molecule has 3 heteroatoms. The van der Waals surface area contributed by atoms with E-state index in [9.17, 15) is 5.11 Å². The largest absolute Gasteiger partial charge is 0.508 e. The zero-order valence-corrected chi connectivity index (χ0v) is 8.50. The van der Waals surface area contributed by atoms with E-state index in [0.717, 1.165) is 6.54 Å². The number of hydrogen-bond acceptors (Lipinski definition) is 3. The number of phenolic OH excluding ortho intramolecular Hbond substituents is 1. The molecule has 0 bridgehead atoms. The molecule has 0 spiro atoms. The summed E-state index contributed by atoms with van der Waals surface area (Å²) in [5, 5.41) is 15.9. The molecule has 1 N–H and O–H groups in total. The first-order chi connectivity index (χ1) is 7.34. The van der Waals surface area contributed by atoms with Crippen molar-refractivity contribution in [1.82, 2.24) is 5.01 Å². The van der Waals surface area contributed by atoms with Gasteiger partial charge in [-0.25, -0.2) is 0 Å². The summed E-state index contributed by atoms with van der Waals surface area (Å²) in [6, 6.07) is 8.04. The molecule has 2 atom stereocenters. The highest BCUT2D eigenvalue weighted by molar-refractivity contribution is 5.71. The van der Waals surface area contributed by atoms with Crippen LogP contribution in [0.15, 0.2) is 29.4 Å². The minimum atomic E-state index is 0.331. The van der Waals surface area contributed by atoms with Crippen LogP contribution in [-0.2, 0) is 0 Å². The molecule has 0 saturated carbocycles. The van der Waals surface area contributed by atoms with E-state index in [4.69, 9.17) is 0 Å². The number of benzene rings is 1. The van der Waals surface area contributed by atoms with Gasteiger partial charge in [-0.05, 0) is 30.5 Å². The summed E-state index contributed by atoms with van der Waals surface area (Å²) in [4.78, 5) is 0. The molecule has 1 fully saturated rings. The Morgan fingerprint density at radius 2 is 2.07 bits per heavy atom. The summed E-state index contributed by atoms with van der Waals surface area (Å²) < 4.78 is 0. The second-order valence-corrected chi connectivity index (χ2v) is 4.25. The highest BCUT2D eigenvalue weighted by atomic mass is 16.3. The molecule has 2 aliphatic heterocycles. The molecule has 1 saturated heterocycles. The van der Waals surface area contributed by atoms with Crippen LogP contribution >= 0.6 is 0 Å². The first kappa shape index (κ1) is 8.77. The Bertz CT molecular complexity index is 385. The number of hydrogen-bond donors (Lipinski definition) is 1. The van der Waals surface area contributed by atoms with Gasteiger partial charge in [0.05, 0.1) is 6.04 Å². The van der Waals surface area contributed by atoms with Gasteiger partial charge in [-0.3, -0.25) is 5.01 Å². The predicted molar refractivity (Wildman–Crippen MR) is 59.1 cm³/mol. The van der Waals surface area contributed by atoms with Crippen molar-refractivity contribution < 1.29 is 5.11 Å². The lowest BCUT2D eigenvalue weighted by Gasteiger charge is -2.19. The number of nitrogens with zero attached hydrogens (tertiary/aromatic N) is 2. The van der Waals surface area contributed by atoms with Crippen molar-refractivity contribution in [3.05, 3.63) is 29.8 Å². The maximum absolute atomic E-state index is 9.24. The Hall–Kier alpha value is -1.51. The van der Waals surface area contributed by atoms with Gasteiger partial charge in [-0.15, -0.1) is 0 Å². The van der Waals surface area contributed by atoms with Crippen LogP contribution in [0.25, 0.3) is 0 Å². The molecular weight excluding hydrogens is 188 g/mol. The number of phenols is 1. The highest BCUT2D eigenvalue weighted by Crippen LogP contribution is 2.34. The van der Waals surface area contributed by atoms with Gasteiger partial charge in [0.1, 0.15) is 5.75 Å². The van der Waals surface area contributed by atoms with Gasteiger partial charge in [-0.1, -0.05) is 12.1 Å². The van der Waals surface area contributed by atoms with E-state index >= 15 is 0 Å². The summed E-state index contributed by atoms with van der Waals surface area (Å²) >= 11 is 0. The van der Waals surface area contributed by atoms with Crippen LogP contribution in [0.1, 0.15) is 24.3 Å². The minimum absolute atomic E-state index is 0.331. The second kappa shape index (κ2) is 3.26. The molecule has 0 amide bonds. The topological polar surface area (TPSA) is 35.8 Å². The fourth-order valence-electron chi connectivity index (χ4n) is 2.55. The smallest absolute Gasteiger partial charge is 0.115 e. The first-order valence-corrected chi connectivity index (χ1v) is 5.44. The Labute approximate surface area is 89.0 Å². The molecule has 2 aliphatic rings. The van der Waals surface area contributed by atoms with E-state index in [0.29, 0.717) is 17.7 Å². The molecule has 0 radical (unpaired) electrons. The van der Waals surface area contributed by atoms with Crippen LogP contribution in [0.5, 0.6) is 5.75 Å². The third-order valence-electron chi connectivity index (χ3n) is 3.34. The van der Waals surface area contributed by atoms with Crippen molar-refractivity contribution in [2.45, 2.75) is 24.8 Å². The summed E-state index contributed by atoms with van der Waals surface area (Å²) in [5.74, 6) is 0.741. The predicted octanol–water partition coefficient (Wildman–Crippen LogP) is 1.94. The van der Waals surface area contributed by atoms with Crippen molar-refractivity contribution in [2.75, 3.05) is 6.54 Å². The van der Waals surface area contributed by atoms with Crippen LogP contribution in [0, 0.1) is 0 Å². The maximum atomic E-state index is 9.24. The normalized spacial score (nSPS) is 28.4. The third-order valence-corrected chi connectivity index (χ3v) is 3.34. The molecule has 3 rings (SSSR count). The van der Waals surface area contributed by atoms with Gasteiger partial charge in [0.2, 0.25) is 0 Å². The Morgan fingerprint density at radius 1 is 1.27 bits per heavy atom. The first-order valence-electron chi connectivity index (χ1n) is 5.44. The van der Waals surface area contributed by atoms with E-state index in [1.165, 1.54) is 18.4 Å². The molecule has 0 unspecified atom stereocenters. The van der Waals surface area contributed by atoms with Gasteiger partial charge in [0.25, 0.3) is 0 Å². The standard InChI is InChI=1S/C12H14N2O/c15-10-5-3-9(4-6-10)11-8-13-14-7-1-2-12(11)14/h3-6,8,11-12,15H,1-2,7H2/t11-,12-/m1/s1. The van der Waals surface area contributed by atoms with Crippen LogP contribution in [-0.4, -0.2) is 28.9 Å². The molecule has 15 heavy (non-hydrogen) atoms. The number of hydrazone groups is 1. The Balaban J connectivity index is 1.88. The fraction of sp³-hybridized carbons (Fsp3) is 0.417. The lowest BCUT2D eigenvalue weighted by molar-refractivity contribution is 0.285. The van der Waals surface area contributed by atoms with E-state index in [-0.39, 0.29) is 0 Å². The van der Waals surface area contributed by atoms with E-state index in [2.05, 4.69) is 10.1 Å². The number of rotatable bonds is 1. The number of fused-ring (bicyclic) bond motifs is 1. The van der Waals surface area contributed by atoms with Crippen molar-refractivity contribution in [2.24, 2.45) is 5.10 Å². The lowest BCUT2D eigenvalue weighted by Crippen LogP contribution is -2.24. The van der Waals surface area contributed by atoms with Crippen LogP contribution < -0.4 is 0 Å². The monoisotopic (exact) mass is 202 g/mol. The average molecular weight is 202 g/mol. The van der Waals surface area contributed by atoms with E-state index in [1.54, 1.807) is 12.1 Å². The van der Waals surface area contributed by atoms with Crippen LogP contribution in [0.2, 0.25) is 0 Å². The summed E-state index contributed by atoms with van der Waals surface area (Å²) in [6.07, 6.45) is 4.51. The molecule has 78 valence electrons. The summed E-state index contributed by atoms with van der Waals surface area (Å²) in [7, 11) is 0. The maximum Gasteiger partial charge on any atom is 0.115 e. The van der Waals surface area contributed by atoms with Crippen LogP contribution in [0.3, 0.4) is 0 Å². The van der Waals surface area contributed by atoms with Gasteiger partial charge in [0, 0.05) is 18.7 Å². The lowest BCUT2D eigenvalue weighted by atomic mass is 9.92. The molecular formula is C12H14N2O. The van der Waals surface area contributed by atoms with Gasteiger partial charge in [-0.2, -0.15) is 5.10 Å². The summed E-state index contributed by atoms with van der Waals surface area (Å²) in [5.41, 5.74) is 1.26. The SMILES string of the molecule is Oc1ccc([C@H]2C=NN3CCC[C@H]23)cc1. The molecule has 2 heterocycles. The van der Waals surface area contributed by atoms with Gasteiger partial charge in [0.15, 0.2) is 0 Å². The van der Waals surface area contributed by atoms with Crippen molar-refractivity contribution >= 4 is 6.21 Å². The second-order valence-electron chi connectivity index (χ2n) is 4.25. The number of aromatic hydroxyl groups is 1. The molecule has 1 aromatic rings. The van der Waals surface area contributed by atoms with Crippen LogP contribution in [0.4, 0.5) is 0 Å². The molecule has 1 aromatic carbocycles. The fourth-order valence-corrected chi connectivity index (χ4v) is 2.55. The van der Waals surface area contributed by atoms with Crippen molar-refractivity contribution in [3.63, 3.8) is 0 Å². The zero-order valence-electron chi connectivity index (χ0n) is 8.50. The van der Waals surface area contributed by atoms with E-state index in [1.807, 2.05) is 18.3 Å². The molecule has 0 aliphatic carbocycles. The van der Waals surface area contributed by atoms with Crippen molar-refractivity contribution in [1.29, 1.82) is 0 Å². The van der Waals surface area contributed by atoms with Crippen molar-refractivity contribution in [3.8, 4) is 5.75 Å². The van der Waals surface area contributed by atoms with Gasteiger partial charge >= 0.3 is 0 Å². The summed E-state index contributed by atoms with van der Waals surface area (Å²) in [6.45, 7) is 1.09. The minimum Gasteiger partial charge on any atom is -0.508 e. The average Bonchev–Trinajstić information content (AvgIpc) is 2.80. The quantitative estimate of drug-likeness (QED) is 0.755. The molecule has 0 aromatic heterocycles. The third kappa shape index (κ3) is 1.39.